The molecule has 7 heteroatoms. The van der Waals surface area contributed by atoms with Gasteiger partial charge in [-0.2, -0.15) is 0 Å². The number of rotatable bonds is 1. The predicted molar refractivity (Wildman–Crippen MR) is 68.2 cm³/mol. The van der Waals surface area contributed by atoms with Crippen LogP contribution in [0.5, 0.6) is 0 Å². The number of aromatic amines is 1. The number of carbonyl (C=O) groups is 1. The number of hydrogen-bond donors (Lipinski definition) is 1. The normalized spacial score (nSPS) is 23.4. The third-order valence-corrected chi connectivity index (χ3v) is 3.12. The molecule has 2 unspecified atom stereocenters. The fourth-order valence-electron chi connectivity index (χ4n) is 2.23. The molecule has 1 aliphatic rings. The third kappa shape index (κ3) is 2.60. The molecule has 1 aliphatic heterocycles. The Bertz CT molecular complexity index is 594. The number of nitrogens with zero attached hydrogens (tertiary/aromatic N) is 2. The summed E-state index contributed by atoms with van der Waals surface area (Å²) >= 11 is 0. The Balaban J connectivity index is 2.32. The van der Waals surface area contributed by atoms with Crippen molar-refractivity contribution in [1.82, 2.24) is 14.5 Å². The summed E-state index contributed by atoms with van der Waals surface area (Å²) < 4.78 is 6.43. The number of H-pyrrole nitrogens is 1. The molecule has 1 N–H and O–H groups in total. The predicted octanol–water partition coefficient (Wildman–Crippen LogP) is -0.677. The van der Waals surface area contributed by atoms with Crippen molar-refractivity contribution >= 4 is 5.91 Å². The first-order valence-corrected chi connectivity index (χ1v) is 6.13. The van der Waals surface area contributed by atoms with Gasteiger partial charge in [-0.1, -0.05) is 0 Å². The number of aromatic nitrogens is 2. The van der Waals surface area contributed by atoms with E-state index in [1.165, 1.54) is 13.2 Å². The van der Waals surface area contributed by atoms with Crippen molar-refractivity contribution in [3.05, 3.63) is 32.6 Å². The van der Waals surface area contributed by atoms with Crippen molar-refractivity contribution < 1.29 is 9.53 Å². The lowest BCUT2D eigenvalue weighted by Crippen LogP contribution is -2.50. The molecule has 104 valence electrons. The standard InChI is InChI=1S/C12H17N3O4/c1-7-5-15(6-8(2)19-7)11(17)9-4-13-12(18)14(3)10(9)16/h4,7-8H,5-6H2,1-3H3,(H,13,18). The number of carbonyl (C=O) groups excluding carboxylic acids is 1. The van der Waals surface area contributed by atoms with Gasteiger partial charge in [0.05, 0.1) is 12.2 Å². The van der Waals surface area contributed by atoms with E-state index in [2.05, 4.69) is 4.98 Å². The molecule has 1 aromatic heterocycles. The van der Waals surface area contributed by atoms with Crippen LogP contribution in [0.25, 0.3) is 0 Å². The van der Waals surface area contributed by atoms with Crippen LogP contribution in [0.4, 0.5) is 0 Å². The molecule has 1 fully saturated rings. The van der Waals surface area contributed by atoms with Crippen molar-refractivity contribution in [3.63, 3.8) is 0 Å². The van der Waals surface area contributed by atoms with Gasteiger partial charge in [0.25, 0.3) is 11.5 Å². The highest BCUT2D eigenvalue weighted by molar-refractivity contribution is 5.93. The summed E-state index contributed by atoms with van der Waals surface area (Å²) in [5.41, 5.74) is -1.14. The SMILES string of the molecule is CC1CN(C(=O)c2c[nH]c(=O)n(C)c2=O)CC(C)O1. The van der Waals surface area contributed by atoms with Gasteiger partial charge in [-0.3, -0.25) is 14.2 Å². The lowest BCUT2D eigenvalue weighted by atomic mass is 10.2. The minimum absolute atomic E-state index is 0.0246. The van der Waals surface area contributed by atoms with E-state index < -0.39 is 11.2 Å². The second-order valence-corrected chi connectivity index (χ2v) is 4.84. The van der Waals surface area contributed by atoms with Gasteiger partial charge in [0.1, 0.15) is 5.56 Å². The molecule has 19 heavy (non-hydrogen) atoms. The first-order valence-electron chi connectivity index (χ1n) is 6.13. The van der Waals surface area contributed by atoms with Crippen LogP contribution in [-0.2, 0) is 11.8 Å². The Morgan fingerprint density at radius 1 is 1.32 bits per heavy atom. The van der Waals surface area contributed by atoms with Gasteiger partial charge in [-0.05, 0) is 13.8 Å². The van der Waals surface area contributed by atoms with Crippen LogP contribution in [0.3, 0.4) is 0 Å². The molecule has 0 radical (unpaired) electrons. The fourth-order valence-corrected chi connectivity index (χ4v) is 2.23. The summed E-state index contributed by atoms with van der Waals surface area (Å²) in [7, 11) is 1.34. The van der Waals surface area contributed by atoms with Gasteiger partial charge in [-0.25, -0.2) is 4.79 Å². The number of ether oxygens (including phenoxy) is 1. The van der Waals surface area contributed by atoms with Crippen molar-refractivity contribution in [3.8, 4) is 0 Å². The van der Waals surface area contributed by atoms with Crippen molar-refractivity contribution in [2.45, 2.75) is 26.1 Å². The molecule has 0 aliphatic carbocycles. The molecule has 0 spiro atoms. The molecule has 0 saturated carbocycles. The summed E-state index contributed by atoms with van der Waals surface area (Å²) in [6, 6.07) is 0. The average molecular weight is 267 g/mol. The zero-order valence-corrected chi connectivity index (χ0v) is 11.2. The Morgan fingerprint density at radius 3 is 2.47 bits per heavy atom. The van der Waals surface area contributed by atoms with Crippen LogP contribution >= 0.6 is 0 Å². The minimum atomic E-state index is -0.583. The van der Waals surface area contributed by atoms with Crippen LogP contribution in [0.2, 0.25) is 0 Å². The Kier molecular flexibility index (Phi) is 3.57. The van der Waals surface area contributed by atoms with Crippen molar-refractivity contribution in [2.75, 3.05) is 13.1 Å². The lowest BCUT2D eigenvalue weighted by molar-refractivity contribution is -0.0586. The molecular weight excluding hydrogens is 250 g/mol. The van der Waals surface area contributed by atoms with Crippen molar-refractivity contribution in [1.29, 1.82) is 0 Å². The largest absolute Gasteiger partial charge is 0.372 e. The molecule has 2 heterocycles. The number of nitrogens with one attached hydrogen (secondary N) is 1. The molecule has 2 atom stereocenters. The first-order chi connectivity index (χ1) is 8.90. The van der Waals surface area contributed by atoms with Crippen molar-refractivity contribution in [2.24, 2.45) is 7.05 Å². The van der Waals surface area contributed by atoms with E-state index in [-0.39, 0.29) is 23.7 Å². The van der Waals surface area contributed by atoms with Crippen LogP contribution in [0, 0.1) is 0 Å². The number of hydrogen-bond acceptors (Lipinski definition) is 4. The summed E-state index contributed by atoms with van der Waals surface area (Å²) in [6.07, 6.45) is 1.04. The molecule has 7 nitrogen and oxygen atoms in total. The molecule has 0 bridgehead atoms. The maximum absolute atomic E-state index is 12.3. The first kappa shape index (κ1) is 13.5. The van der Waals surface area contributed by atoms with E-state index in [0.29, 0.717) is 13.1 Å². The van der Waals surface area contributed by atoms with E-state index in [4.69, 9.17) is 4.74 Å². The summed E-state index contributed by atoms with van der Waals surface area (Å²) in [6.45, 7) is 4.62. The summed E-state index contributed by atoms with van der Waals surface area (Å²) in [5, 5.41) is 0. The lowest BCUT2D eigenvalue weighted by Gasteiger charge is -2.35. The third-order valence-electron chi connectivity index (χ3n) is 3.12. The quantitative estimate of drug-likeness (QED) is 0.731. The molecular formula is C12H17N3O4. The highest BCUT2D eigenvalue weighted by atomic mass is 16.5. The van der Waals surface area contributed by atoms with Crippen LogP contribution in [-0.4, -0.2) is 45.7 Å². The monoisotopic (exact) mass is 267 g/mol. The smallest absolute Gasteiger partial charge is 0.328 e. The van der Waals surface area contributed by atoms with E-state index in [1.807, 2.05) is 13.8 Å². The summed E-state index contributed by atoms with van der Waals surface area (Å²) in [5.74, 6) is -0.376. The second-order valence-electron chi connectivity index (χ2n) is 4.84. The molecule has 0 aromatic carbocycles. The topological polar surface area (TPSA) is 84.4 Å². The Morgan fingerprint density at radius 2 is 1.89 bits per heavy atom. The zero-order chi connectivity index (χ0) is 14.2. The van der Waals surface area contributed by atoms with Crippen LogP contribution in [0.15, 0.2) is 15.8 Å². The van der Waals surface area contributed by atoms with Gasteiger partial charge in [0.15, 0.2) is 0 Å². The molecule has 1 amide bonds. The Labute approximate surface area is 109 Å². The van der Waals surface area contributed by atoms with Gasteiger partial charge >= 0.3 is 5.69 Å². The highest BCUT2D eigenvalue weighted by Crippen LogP contribution is 2.12. The van der Waals surface area contributed by atoms with E-state index >= 15 is 0 Å². The number of morpholine rings is 1. The summed E-state index contributed by atoms with van der Waals surface area (Å²) in [4.78, 5) is 39.4. The molecule has 1 aromatic rings. The van der Waals surface area contributed by atoms with Crippen LogP contribution < -0.4 is 11.2 Å². The second kappa shape index (κ2) is 5.00. The van der Waals surface area contributed by atoms with E-state index in [0.717, 1.165) is 4.57 Å². The van der Waals surface area contributed by atoms with E-state index in [1.54, 1.807) is 4.90 Å². The average Bonchev–Trinajstić information content (AvgIpc) is 2.34. The minimum Gasteiger partial charge on any atom is -0.372 e. The van der Waals surface area contributed by atoms with Gasteiger partial charge < -0.3 is 14.6 Å². The Hall–Kier alpha value is -1.89. The fraction of sp³-hybridized carbons (Fsp3) is 0.583. The van der Waals surface area contributed by atoms with Gasteiger partial charge in [0.2, 0.25) is 0 Å². The molecule has 1 saturated heterocycles. The van der Waals surface area contributed by atoms with Crippen LogP contribution in [0.1, 0.15) is 24.2 Å². The maximum atomic E-state index is 12.3. The zero-order valence-electron chi connectivity index (χ0n) is 11.2. The highest BCUT2D eigenvalue weighted by Gasteiger charge is 2.28. The number of amides is 1. The van der Waals surface area contributed by atoms with Gasteiger partial charge in [-0.15, -0.1) is 0 Å². The maximum Gasteiger partial charge on any atom is 0.328 e. The molecule has 2 rings (SSSR count). The van der Waals surface area contributed by atoms with Gasteiger partial charge in [0, 0.05) is 26.3 Å². The van der Waals surface area contributed by atoms with E-state index in [9.17, 15) is 14.4 Å².